The predicted molar refractivity (Wildman–Crippen MR) is 38.3 cm³/mol. The first kappa shape index (κ1) is 6.18. The van der Waals surface area contributed by atoms with Crippen LogP contribution in [0.2, 0.25) is 0 Å². The van der Waals surface area contributed by atoms with Crippen molar-refractivity contribution < 1.29 is 0 Å². The lowest BCUT2D eigenvalue weighted by Crippen LogP contribution is -2.31. The summed E-state index contributed by atoms with van der Waals surface area (Å²) in [6.45, 7) is 0. The fourth-order valence-corrected chi connectivity index (χ4v) is 1.21. The van der Waals surface area contributed by atoms with Gasteiger partial charge >= 0.3 is 0 Å². The SMILES string of the molecule is N#CC(NC1CC1)C1CC1. The summed E-state index contributed by atoms with van der Waals surface area (Å²) in [5.41, 5.74) is 0. The van der Waals surface area contributed by atoms with Gasteiger partial charge in [0.05, 0.1) is 12.1 Å². The highest BCUT2D eigenvalue weighted by Gasteiger charge is 2.34. The van der Waals surface area contributed by atoms with E-state index in [1.54, 1.807) is 0 Å². The van der Waals surface area contributed by atoms with Crippen molar-refractivity contribution in [1.29, 1.82) is 5.26 Å². The van der Waals surface area contributed by atoms with E-state index in [9.17, 15) is 0 Å². The van der Waals surface area contributed by atoms with E-state index in [1.165, 1.54) is 25.7 Å². The van der Waals surface area contributed by atoms with Gasteiger partial charge in [-0.2, -0.15) is 5.26 Å². The molecule has 0 aliphatic heterocycles. The minimum atomic E-state index is 0.174. The number of nitriles is 1. The Morgan fingerprint density at radius 1 is 1.30 bits per heavy atom. The second kappa shape index (κ2) is 2.25. The molecule has 2 rings (SSSR count). The lowest BCUT2D eigenvalue weighted by Gasteiger charge is -2.07. The Morgan fingerprint density at radius 3 is 2.40 bits per heavy atom. The summed E-state index contributed by atoms with van der Waals surface area (Å²) in [6, 6.07) is 3.18. The summed E-state index contributed by atoms with van der Waals surface area (Å²) in [5, 5.41) is 12.0. The van der Waals surface area contributed by atoms with Gasteiger partial charge in [0.2, 0.25) is 0 Å². The maximum Gasteiger partial charge on any atom is 0.0983 e. The molecule has 2 nitrogen and oxygen atoms in total. The molecule has 0 aromatic rings. The van der Waals surface area contributed by atoms with Gasteiger partial charge in [0.1, 0.15) is 0 Å². The van der Waals surface area contributed by atoms with Gasteiger partial charge in [-0.25, -0.2) is 0 Å². The average Bonchev–Trinajstić information content (AvgIpc) is 2.76. The van der Waals surface area contributed by atoms with Gasteiger partial charge in [-0.3, -0.25) is 5.32 Å². The molecule has 2 fully saturated rings. The second-order valence-corrected chi connectivity index (χ2v) is 3.39. The molecule has 2 aliphatic carbocycles. The number of hydrogen-bond donors (Lipinski definition) is 1. The number of nitrogens with one attached hydrogen (secondary N) is 1. The predicted octanol–water partition coefficient (Wildman–Crippen LogP) is 1.04. The third kappa shape index (κ3) is 1.30. The molecule has 2 saturated carbocycles. The quantitative estimate of drug-likeness (QED) is 0.629. The molecule has 1 atom stereocenters. The largest absolute Gasteiger partial charge is 0.299 e. The van der Waals surface area contributed by atoms with Crippen molar-refractivity contribution >= 4 is 0 Å². The molecular formula is C8H12N2. The highest BCUT2D eigenvalue weighted by molar-refractivity contribution is 5.03. The summed E-state index contributed by atoms with van der Waals surface area (Å²) in [5.74, 6) is 0.686. The molecule has 0 spiro atoms. The van der Waals surface area contributed by atoms with Crippen LogP contribution < -0.4 is 5.32 Å². The summed E-state index contributed by atoms with van der Waals surface area (Å²) in [7, 11) is 0. The topological polar surface area (TPSA) is 35.8 Å². The monoisotopic (exact) mass is 136 g/mol. The molecule has 0 aromatic carbocycles. The molecule has 0 amide bonds. The maximum atomic E-state index is 8.70. The van der Waals surface area contributed by atoms with Crippen molar-refractivity contribution in [3.63, 3.8) is 0 Å². The Labute approximate surface area is 61.2 Å². The fraction of sp³-hybridized carbons (Fsp3) is 0.875. The van der Waals surface area contributed by atoms with E-state index in [0.29, 0.717) is 12.0 Å². The van der Waals surface area contributed by atoms with Crippen molar-refractivity contribution in [3.8, 4) is 6.07 Å². The molecule has 54 valence electrons. The molecule has 10 heavy (non-hydrogen) atoms. The van der Waals surface area contributed by atoms with E-state index in [2.05, 4.69) is 11.4 Å². The third-order valence-corrected chi connectivity index (χ3v) is 2.23. The first-order valence-corrected chi connectivity index (χ1v) is 4.06. The van der Waals surface area contributed by atoms with Crippen LogP contribution in [0.15, 0.2) is 0 Å². The molecule has 1 N–H and O–H groups in total. The van der Waals surface area contributed by atoms with E-state index in [-0.39, 0.29) is 6.04 Å². The molecule has 0 radical (unpaired) electrons. The van der Waals surface area contributed by atoms with Crippen LogP contribution in [0.3, 0.4) is 0 Å². The molecular weight excluding hydrogens is 124 g/mol. The molecule has 0 aromatic heterocycles. The minimum absolute atomic E-state index is 0.174. The van der Waals surface area contributed by atoms with E-state index in [0.717, 1.165) is 0 Å². The van der Waals surface area contributed by atoms with Gasteiger partial charge in [-0.15, -0.1) is 0 Å². The van der Waals surface area contributed by atoms with Gasteiger partial charge in [0, 0.05) is 6.04 Å². The Hall–Kier alpha value is -0.550. The first-order chi connectivity index (χ1) is 4.90. The molecule has 1 unspecified atom stereocenters. The molecule has 2 heteroatoms. The second-order valence-electron chi connectivity index (χ2n) is 3.39. The van der Waals surface area contributed by atoms with E-state index >= 15 is 0 Å². The lowest BCUT2D eigenvalue weighted by atomic mass is 10.2. The van der Waals surface area contributed by atoms with Crippen LogP contribution in [-0.2, 0) is 0 Å². The first-order valence-electron chi connectivity index (χ1n) is 4.06. The van der Waals surface area contributed by atoms with Crippen LogP contribution in [0.5, 0.6) is 0 Å². The van der Waals surface area contributed by atoms with E-state index in [1.807, 2.05) is 0 Å². The van der Waals surface area contributed by atoms with Crippen LogP contribution in [0.25, 0.3) is 0 Å². The normalized spacial score (nSPS) is 27.5. The van der Waals surface area contributed by atoms with Crippen LogP contribution in [0.4, 0.5) is 0 Å². The number of hydrogen-bond acceptors (Lipinski definition) is 2. The van der Waals surface area contributed by atoms with Gasteiger partial charge in [0.25, 0.3) is 0 Å². The smallest absolute Gasteiger partial charge is 0.0983 e. The van der Waals surface area contributed by atoms with Crippen molar-refractivity contribution in [3.05, 3.63) is 0 Å². The Morgan fingerprint density at radius 2 is 2.00 bits per heavy atom. The Kier molecular flexibility index (Phi) is 1.39. The zero-order valence-electron chi connectivity index (χ0n) is 6.01. The summed E-state index contributed by atoms with van der Waals surface area (Å²) in [4.78, 5) is 0. The summed E-state index contributed by atoms with van der Waals surface area (Å²) in [6.07, 6.45) is 5.09. The lowest BCUT2D eigenvalue weighted by molar-refractivity contribution is 0.546. The van der Waals surface area contributed by atoms with Crippen molar-refractivity contribution in [2.75, 3.05) is 0 Å². The molecule has 0 bridgehead atoms. The number of rotatable bonds is 3. The zero-order valence-corrected chi connectivity index (χ0v) is 6.01. The highest BCUT2D eigenvalue weighted by atomic mass is 15.0. The highest BCUT2D eigenvalue weighted by Crippen LogP contribution is 2.34. The third-order valence-electron chi connectivity index (χ3n) is 2.23. The number of nitrogens with zero attached hydrogens (tertiary/aromatic N) is 1. The average molecular weight is 136 g/mol. The van der Waals surface area contributed by atoms with Crippen molar-refractivity contribution in [2.24, 2.45) is 5.92 Å². The van der Waals surface area contributed by atoms with E-state index in [4.69, 9.17) is 5.26 Å². The van der Waals surface area contributed by atoms with Gasteiger partial charge in [0.15, 0.2) is 0 Å². The van der Waals surface area contributed by atoms with Gasteiger partial charge in [-0.1, -0.05) is 0 Å². The summed E-state index contributed by atoms with van der Waals surface area (Å²) < 4.78 is 0. The van der Waals surface area contributed by atoms with Crippen molar-refractivity contribution in [1.82, 2.24) is 5.32 Å². The van der Waals surface area contributed by atoms with Gasteiger partial charge < -0.3 is 0 Å². The Balaban J connectivity index is 1.80. The van der Waals surface area contributed by atoms with Gasteiger partial charge in [-0.05, 0) is 31.6 Å². The maximum absolute atomic E-state index is 8.70. The summed E-state index contributed by atoms with van der Waals surface area (Å²) >= 11 is 0. The van der Waals surface area contributed by atoms with E-state index < -0.39 is 0 Å². The minimum Gasteiger partial charge on any atom is -0.299 e. The molecule has 0 saturated heterocycles. The molecule has 0 heterocycles. The van der Waals surface area contributed by atoms with Crippen LogP contribution in [0, 0.1) is 17.2 Å². The molecule has 2 aliphatic rings. The Bertz CT molecular complexity index is 163. The van der Waals surface area contributed by atoms with Crippen molar-refractivity contribution in [2.45, 2.75) is 37.8 Å². The van der Waals surface area contributed by atoms with Crippen LogP contribution >= 0.6 is 0 Å². The fourth-order valence-electron chi connectivity index (χ4n) is 1.21. The van der Waals surface area contributed by atoms with Crippen LogP contribution in [0.1, 0.15) is 25.7 Å². The standard InChI is InChI=1S/C8H12N2/c9-5-8(6-1-2-6)10-7-3-4-7/h6-8,10H,1-4H2. The van der Waals surface area contributed by atoms with Crippen LogP contribution in [-0.4, -0.2) is 12.1 Å². The zero-order chi connectivity index (χ0) is 6.97.